The largest absolute Gasteiger partial charge is 0.495 e. The number of rotatable bonds is 5. The third-order valence-electron chi connectivity index (χ3n) is 4.68. The van der Waals surface area contributed by atoms with E-state index in [0.29, 0.717) is 21.7 Å². The Labute approximate surface area is 137 Å². The molecule has 0 spiro atoms. The summed E-state index contributed by atoms with van der Waals surface area (Å²) in [5.41, 5.74) is 7.76. The fourth-order valence-corrected chi connectivity index (χ4v) is 4.32. The fraction of sp³-hybridized carbons (Fsp3) is 0.647. The first-order valence-electron chi connectivity index (χ1n) is 7.68. The summed E-state index contributed by atoms with van der Waals surface area (Å²) in [6, 6.07) is 3.59. The van der Waals surface area contributed by atoms with Crippen LogP contribution in [0.5, 0.6) is 5.75 Å². The fourth-order valence-electron chi connectivity index (χ4n) is 3.80. The summed E-state index contributed by atoms with van der Waals surface area (Å²) >= 11 is 12.7. The van der Waals surface area contributed by atoms with Gasteiger partial charge in [-0.05, 0) is 42.2 Å². The Morgan fingerprint density at radius 1 is 1.19 bits per heavy atom. The topological polar surface area (TPSA) is 35.2 Å². The van der Waals surface area contributed by atoms with Crippen LogP contribution in [0.15, 0.2) is 12.1 Å². The Balaban J connectivity index is 2.37. The van der Waals surface area contributed by atoms with Crippen LogP contribution in [0.3, 0.4) is 0 Å². The summed E-state index contributed by atoms with van der Waals surface area (Å²) in [5.74, 6) is 1.23. The standard InChI is InChI=1S/C17H25Cl2NO/c1-11(2)10-17(6-4-5-7-17)16(20)12-8-14(19)15(21-3)9-13(12)18/h8-9,11,16H,4-7,10,20H2,1-3H3. The zero-order chi connectivity index (χ0) is 15.6. The maximum absolute atomic E-state index is 6.66. The van der Waals surface area contributed by atoms with E-state index in [9.17, 15) is 0 Å². The minimum Gasteiger partial charge on any atom is -0.495 e. The third-order valence-corrected chi connectivity index (χ3v) is 5.30. The molecule has 4 heteroatoms. The van der Waals surface area contributed by atoms with Gasteiger partial charge in [-0.25, -0.2) is 0 Å². The molecule has 1 fully saturated rings. The number of halogens is 2. The summed E-state index contributed by atoms with van der Waals surface area (Å²) in [5, 5.41) is 1.23. The lowest BCUT2D eigenvalue weighted by atomic mass is 9.71. The second-order valence-corrected chi connectivity index (χ2v) is 7.47. The Morgan fingerprint density at radius 2 is 1.81 bits per heavy atom. The normalized spacial score (nSPS) is 19.0. The van der Waals surface area contributed by atoms with Crippen molar-refractivity contribution >= 4 is 23.2 Å². The first-order chi connectivity index (χ1) is 9.89. The molecule has 1 aromatic carbocycles. The van der Waals surface area contributed by atoms with Crippen molar-refractivity contribution in [3.63, 3.8) is 0 Å². The van der Waals surface area contributed by atoms with Crippen molar-refractivity contribution in [2.75, 3.05) is 7.11 Å². The van der Waals surface area contributed by atoms with E-state index in [2.05, 4.69) is 13.8 Å². The van der Waals surface area contributed by atoms with Crippen molar-refractivity contribution in [1.82, 2.24) is 0 Å². The highest BCUT2D eigenvalue weighted by Gasteiger charge is 2.41. The van der Waals surface area contributed by atoms with Gasteiger partial charge in [0.05, 0.1) is 12.1 Å². The molecule has 2 nitrogen and oxygen atoms in total. The molecular weight excluding hydrogens is 305 g/mol. The molecule has 0 amide bonds. The first-order valence-corrected chi connectivity index (χ1v) is 8.44. The second-order valence-electron chi connectivity index (χ2n) is 6.65. The van der Waals surface area contributed by atoms with Crippen LogP contribution in [0, 0.1) is 11.3 Å². The van der Waals surface area contributed by atoms with E-state index < -0.39 is 0 Å². The van der Waals surface area contributed by atoms with Gasteiger partial charge >= 0.3 is 0 Å². The predicted molar refractivity (Wildman–Crippen MR) is 90.3 cm³/mol. The van der Waals surface area contributed by atoms with Crippen LogP contribution in [-0.4, -0.2) is 7.11 Å². The quantitative estimate of drug-likeness (QED) is 0.762. The Bertz CT molecular complexity index is 496. The Morgan fingerprint density at radius 3 is 2.33 bits per heavy atom. The lowest BCUT2D eigenvalue weighted by molar-refractivity contribution is 0.183. The van der Waals surface area contributed by atoms with Crippen LogP contribution in [0.25, 0.3) is 0 Å². The van der Waals surface area contributed by atoms with Gasteiger partial charge in [-0.2, -0.15) is 0 Å². The third kappa shape index (κ3) is 3.49. The van der Waals surface area contributed by atoms with Crippen LogP contribution in [0.1, 0.15) is 57.6 Å². The van der Waals surface area contributed by atoms with Gasteiger partial charge in [0.1, 0.15) is 5.75 Å². The lowest BCUT2D eigenvalue weighted by Gasteiger charge is -2.37. The van der Waals surface area contributed by atoms with Crippen molar-refractivity contribution in [2.24, 2.45) is 17.1 Å². The van der Waals surface area contributed by atoms with Crippen molar-refractivity contribution in [3.05, 3.63) is 27.7 Å². The summed E-state index contributed by atoms with van der Waals surface area (Å²) in [7, 11) is 1.59. The molecule has 0 radical (unpaired) electrons. The molecule has 0 aromatic heterocycles. The number of hydrogen-bond acceptors (Lipinski definition) is 2. The smallest absolute Gasteiger partial charge is 0.138 e. The Kier molecular flexibility index (Phi) is 5.45. The van der Waals surface area contributed by atoms with Gasteiger partial charge in [-0.15, -0.1) is 0 Å². The van der Waals surface area contributed by atoms with Crippen LogP contribution in [0.2, 0.25) is 10.0 Å². The summed E-state index contributed by atoms with van der Waals surface area (Å²) < 4.78 is 5.22. The number of benzene rings is 1. The second kappa shape index (κ2) is 6.76. The molecule has 21 heavy (non-hydrogen) atoms. The Hall–Kier alpha value is -0.440. The monoisotopic (exact) mass is 329 g/mol. The van der Waals surface area contributed by atoms with Crippen molar-refractivity contribution < 1.29 is 4.74 Å². The number of ether oxygens (including phenoxy) is 1. The molecule has 1 saturated carbocycles. The van der Waals surface area contributed by atoms with E-state index in [0.717, 1.165) is 12.0 Å². The first kappa shape index (κ1) is 16.9. The summed E-state index contributed by atoms with van der Waals surface area (Å²) in [4.78, 5) is 0. The molecule has 1 aromatic rings. The maximum Gasteiger partial charge on any atom is 0.138 e. The predicted octanol–water partition coefficient (Wildman–Crippen LogP) is 5.61. The molecule has 0 saturated heterocycles. The molecule has 1 aliphatic rings. The molecule has 118 valence electrons. The molecule has 1 atom stereocenters. The van der Waals surface area contributed by atoms with Crippen LogP contribution < -0.4 is 10.5 Å². The van der Waals surface area contributed by atoms with Gasteiger partial charge in [0, 0.05) is 17.1 Å². The van der Waals surface area contributed by atoms with Crippen molar-refractivity contribution in [1.29, 1.82) is 0 Å². The highest BCUT2D eigenvalue weighted by molar-refractivity contribution is 6.34. The van der Waals surface area contributed by atoms with E-state index in [1.807, 2.05) is 6.07 Å². The molecule has 0 aliphatic heterocycles. The van der Waals surface area contributed by atoms with Crippen LogP contribution >= 0.6 is 23.2 Å². The van der Waals surface area contributed by atoms with Crippen LogP contribution in [-0.2, 0) is 0 Å². The average molecular weight is 330 g/mol. The van der Waals surface area contributed by atoms with E-state index in [1.165, 1.54) is 25.7 Å². The highest BCUT2D eigenvalue weighted by atomic mass is 35.5. The molecule has 0 bridgehead atoms. The average Bonchev–Trinajstić information content (AvgIpc) is 2.89. The maximum atomic E-state index is 6.66. The van der Waals surface area contributed by atoms with Gasteiger partial charge in [-0.3, -0.25) is 0 Å². The molecular formula is C17H25Cl2NO. The number of methoxy groups -OCH3 is 1. The van der Waals surface area contributed by atoms with E-state index in [-0.39, 0.29) is 11.5 Å². The van der Waals surface area contributed by atoms with E-state index >= 15 is 0 Å². The highest BCUT2D eigenvalue weighted by Crippen LogP contribution is 2.52. The minimum atomic E-state index is -0.0710. The molecule has 2 N–H and O–H groups in total. The minimum absolute atomic E-state index is 0.0710. The number of hydrogen-bond donors (Lipinski definition) is 1. The van der Waals surface area contributed by atoms with Gasteiger partial charge in [0.15, 0.2) is 0 Å². The van der Waals surface area contributed by atoms with Crippen LogP contribution in [0.4, 0.5) is 0 Å². The van der Waals surface area contributed by atoms with E-state index in [1.54, 1.807) is 13.2 Å². The van der Waals surface area contributed by atoms with Crippen molar-refractivity contribution in [3.8, 4) is 5.75 Å². The molecule has 1 unspecified atom stereocenters. The molecule has 2 rings (SSSR count). The molecule has 0 heterocycles. The van der Waals surface area contributed by atoms with Gasteiger partial charge < -0.3 is 10.5 Å². The van der Waals surface area contributed by atoms with E-state index in [4.69, 9.17) is 33.7 Å². The lowest BCUT2D eigenvalue weighted by Crippen LogP contribution is -2.33. The van der Waals surface area contributed by atoms with Gasteiger partial charge in [0.2, 0.25) is 0 Å². The zero-order valence-electron chi connectivity index (χ0n) is 13.1. The van der Waals surface area contributed by atoms with Gasteiger partial charge in [-0.1, -0.05) is 49.9 Å². The zero-order valence-corrected chi connectivity index (χ0v) is 14.6. The van der Waals surface area contributed by atoms with Gasteiger partial charge in [0.25, 0.3) is 0 Å². The molecule has 1 aliphatic carbocycles. The summed E-state index contributed by atoms with van der Waals surface area (Å²) in [6.45, 7) is 4.52. The summed E-state index contributed by atoms with van der Waals surface area (Å²) in [6.07, 6.45) is 5.98. The SMILES string of the molecule is COc1cc(Cl)c(C(N)C2(CC(C)C)CCCC2)cc1Cl. The van der Waals surface area contributed by atoms with Crippen molar-refractivity contribution in [2.45, 2.75) is 52.0 Å². The number of nitrogens with two attached hydrogens (primary N) is 1.